The fraction of sp³-hybridized carbons (Fsp3) is 0.409. The molecule has 0 aliphatic carbocycles. The smallest absolute Gasteiger partial charge is 0.452 e. The average Bonchev–Trinajstić information content (AvgIpc) is 3.15. The van der Waals surface area contributed by atoms with E-state index >= 15 is 0 Å². The van der Waals surface area contributed by atoms with E-state index in [1.807, 2.05) is 6.92 Å². The lowest BCUT2D eigenvalue weighted by Crippen LogP contribution is -2.14. The molecule has 0 fully saturated rings. The predicted octanol–water partition coefficient (Wildman–Crippen LogP) is 4.53. The minimum atomic E-state index is -4.64. The van der Waals surface area contributed by atoms with Crippen LogP contribution < -0.4 is 0 Å². The van der Waals surface area contributed by atoms with Crippen LogP contribution in [0.3, 0.4) is 0 Å². The highest BCUT2D eigenvalue weighted by atomic mass is 19.4. The number of allylic oxidation sites excluding steroid dienone is 4. The van der Waals surface area contributed by atoms with Gasteiger partial charge in [-0.25, -0.2) is 0 Å². The summed E-state index contributed by atoms with van der Waals surface area (Å²) in [4.78, 5) is 12.2. The van der Waals surface area contributed by atoms with Gasteiger partial charge in [-0.05, 0) is 61.6 Å². The molecule has 0 unspecified atom stereocenters. The second kappa shape index (κ2) is 9.91. The monoisotopic (exact) mass is 437 g/mol. The molecule has 0 aliphatic heterocycles. The molecule has 2 rings (SSSR count). The van der Waals surface area contributed by atoms with Gasteiger partial charge >= 0.3 is 12.1 Å². The summed E-state index contributed by atoms with van der Waals surface area (Å²) in [6.45, 7) is 11.1. The van der Waals surface area contributed by atoms with Gasteiger partial charge in [0.2, 0.25) is 5.82 Å². The van der Waals surface area contributed by atoms with Crippen molar-refractivity contribution < 1.29 is 27.8 Å². The molecule has 0 saturated carbocycles. The van der Waals surface area contributed by atoms with Crippen LogP contribution >= 0.6 is 0 Å². The number of nitrogens with zero attached hydrogens (tertiary/aromatic N) is 3. The Kier molecular flexibility index (Phi) is 7.78. The average molecular weight is 437 g/mol. The van der Waals surface area contributed by atoms with Gasteiger partial charge in [-0.1, -0.05) is 18.7 Å². The number of aryl methyl sites for hydroxylation is 1. The Morgan fingerprint density at radius 1 is 1.32 bits per heavy atom. The lowest BCUT2D eigenvalue weighted by Gasteiger charge is -2.20. The molecule has 31 heavy (non-hydrogen) atoms. The molecule has 1 N–H and O–H groups in total. The molecule has 9 heteroatoms. The Balaban J connectivity index is 2.52. The third-order valence-corrected chi connectivity index (χ3v) is 5.08. The third-order valence-electron chi connectivity index (χ3n) is 5.08. The van der Waals surface area contributed by atoms with E-state index in [1.165, 1.54) is 12.3 Å². The zero-order valence-electron chi connectivity index (χ0n) is 18.0. The maximum Gasteiger partial charge on any atom is 0.452 e. The van der Waals surface area contributed by atoms with E-state index in [0.29, 0.717) is 16.7 Å². The van der Waals surface area contributed by atoms with Crippen molar-refractivity contribution in [2.24, 2.45) is 0 Å². The van der Waals surface area contributed by atoms with E-state index in [0.717, 1.165) is 15.5 Å². The van der Waals surface area contributed by atoms with Gasteiger partial charge in [0.25, 0.3) is 0 Å². The number of esters is 1. The van der Waals surface area contributed by atoms with Crippen molar-refractivity contribution in [2.75, 3.05) is 13.2 Å². The minimum Gasteiger partial charge on any atom is -0.466 e. The largest absolute Gasteiger partial charge is 0.466 e. The normalized spacial score (nSPS) is 14.1. The van der Waals surface area contributed by atoms with Crippen LogP contribution in [0, 0.1) is 6.92 Å². The number of aliphatic hydroxyl groups is 1. The van der Waals surface area contributed by atoms with E-state index in [2.05, 4.69) is 16.8 Å². The van der Waals surface area contributed by atoms with Crippen LogP contribution in [0.2, 0.25) is 0 Å². The van der Waals surface area contributed by atoms with Crippen molar-refractivity contribution in [2.45, 2.75) is 46.2 Å². The number of halogens is 3. The van der Waals surface area contributed by atoms with Gasteiger partial charge in [-0.3, -0.25) is 9.20 Å². The Morgan fingerprint density at radius 3 is 2.58 bits per heavy atom. The van der Waals surface area contributed by atoms with Gasteiger partial charge in [0.1, 0.15) is 0 Å². The number of pyridine rings is 1. The summed E-state index contributed by atoms with van der Waals surface area (Å²) in [5.41, 5.74) is 3.33. The summed E-state index contributed by atoms with van der Waals surface area (Å²) in [7, 11) is 0. The molecule has 0 spiro atoms. The molecule has 168 valence electrons. The highest BCUT2D eigenvalue weighted by Gasteiger charge is 2.37. The molecule has 2 aromatic heterocycles. The molecule has 6 nitrogen and oxygen atoms in total. The summed E-state index contributed by atoms with van der Waals surface area (Å²) >= 11 is 0. The van der Waals surface area contributed by atoms with Crippen LogP contribution in [0.25, 0.3) is 5.65 Å². The lowest BCUT2D eigenvalue weighted by molar-refractivity contribution is -0.145. The molecule has 2 heterocycles. The predicted molar refractivity (Wildman–Crippen MR) is 110 cm³/mol. The number of hydrogen-bond acceptors (Lipinski definition) is 5. The molecule has 0 amide bonds. The van der Waals surface area contributed by atoms with E-state index in [1.54, 1.807) is 32.9 Å². The maximum absolute atomic E-state index is 13.2. The number of aromatic nitrogens is 3. The Labute approximate surface area is 178 Å². The first-order valence-corrected chi connectivity index (χ1v) is 9.72. The molecule has 0 radical (unpaired) electrons. The van der Waals surface area contributed by atoms with Crippen LogP contribution in [0.1, 0.15) is 50.1 Å². The van der Waals surface area contributed by atoms with Crippen LogP contribution in [-0.2, 0) is 15.7 Å². The maximum atomic E-state index is 13.2. The number of ether oxygens (including phenoxy) is 1. The van der Waals surface area contributed by atoms with Crippen molar-refractivity contribution >= 4 is 11.6 Å². The summed E-state index contributed by atoms with van der Waals surface area (Å²) in [6, 6.07) is 1.52. The Hall–Kier alpha value is -2.94. The number of fused-ring (bicyclic) bond motifs is 1. The van der Waals surface area contributed by atoms with Gasteiger partial charge < -0.3 is 9.84 Å². The van der Waals surface area contributed by atoms with Gasteiger partial charge in [0.15, 0.2) is 5.65 Å². The van der Waals surface area contributed by atoms with E-state index < -0.39 is 23.9 Å². The molecule has 0 aliphatic rings. The first-order chi connectivity index (χ1) is 14.5. The van der Waals surface area contributed by atoms with Crippen LogP contribution in [0.15, 0.2) is 47.7 Å². The lowest BCUT2D eigenvalue weighted by atomic mass is 9.86. The zero-order valence-corrected chi connectivity index (χ0v) is 18.0. The number of hydrogen-bond donors (Lipinski definition) is 1. The van der Waals surface area contributed by atoms with Gasteiger partial charge in [-0.2, -0.15) is 13.2 Å². The van der Waals surface area contributed by atoms with Crippen LogP contribution in [-0.4, -0.2) is 38.9 Å². The summed E-state index contributed by atoms with van der Waals surface area (Å²) in [6.07, 6.45) is 0.0803. The number of aliphatic hydroxyl groups excluding tert-OH is 1. The fourth-order valence-electron chi connectivity index (χ4n) is 3.11. The Bertz CT molecular complexity index is 1040. The van der Waals surface area contributed by atoms with Gasteiger partial charge in [0, 0.05) is 12.1 Å². The fourth-order valence-corrected chi connectivity index (χ4v) is 3.11. The molecular formula is C22H26F3N3O3. The van der Waals surface area contributed by atoms with Crippen molar-refractivity contribution in [3.05, 3.63) is 64.7 Å². The molecule has 0 aromatic carbocycles. The minimum absolute atomic E-state index is 0.0317. The summed E-state index contributed by atoms with van der Waals surface area (Å²) in [5.74, 6) is -2.09. The zero-order chi connectivity index (χ0) is 23.3. The van der Waals surface area contributed by atoms with Crippen molar-refractivity contribution in [1.29, 1.82) is 0 Å². The van der Waals surface area contributed by atoms with Crippen molar-refractivity contribution in [3.8, 4) is 0 Å². The first kappa shape index (κ1) is 24.3. The highest BCUT2D eigenvalue weighted by molar-refractivity contribution is 5.72. The van der Waals surface area contributed by atoms with Crippen LogP contribution in [0.4, 0.5) is 13.2 Å². The molecule has 0 bridgehead atoms. The summed E-state index contributed by atoms with van der Waals surface area (Å²) < 4.78 is 45.5. The van der Waals surface area contributed by atoms with Crippen LogP contribution in [0.5, 0.6) is 0 Å². The van der Waals surface area contributed by atoms with E-state index in [9.17, 15) is 23.1 Å². The number of carbonyl (C=O) groups is 1. The summed E-state index contributed by atoms with van der Waals surface area (Å²) in [5, 5.41) is 16.2. The molecular weight excluding hydrogens is 411 g/mol. The quantitative estimate of drug-likeness (QED) is 0.485. The van der Waals surface area contributed by atoms with Gasteiger partial charge in [-0.15, -0.1) is 10.2 Å². The number of rotatable bonds is 8. The second-order valence-electron chi connectivity index (χ2n) is 7.20. The molecule has 1 atom stereocenters. The number of carbonyl (C=O) groups excluding carboxylic acids is 1. The third kappa shape index (κ3) is 5.61. The van der Waals surface area contributed by atoms with Crippen molar-refractivity contribution in [3.63, 3.8) is 0 Å². The van der Waals surface area contributed by atoms with E-state index in [-0.39, 0.29) is 25.3 Å². The van der Waals surface area contributed by atoms with Gasteiger partial charge in [0.05, 0.1) is 19.6 Å². The Morgan fingerprint density at radius 2 is 2.00 bits per heavy atom. The van der Waals surface area contributed by atoms with Crippen molar-refractivity contribution in [1.82, 2.24) is 14.6 Å². The second-order valence-corrected chi connectivity index (χ2v) is 7.20. The highest BCUT2D eigenvalue weighted by Crippen LogP contribution is 2.34. The number of alkyl halides is 3. The topological polar surface area (TPSA) is 76.7 Å². The molecule has 2 aromatic rings. The standard InChI is InChI=1S/C22H26F3N3O3/c1-6-31-19(30)11-18(14(3)8-7-13(2)15(4)12-29)17-9-10-28-20(16(17)5)26-27-21(28)22(23,24)25/h7-10,18,29H,3,6,11-12H2,1-2,4-5H3/b8-7-,15-13+/t18-/m0/s1. The SMILES string of the molecule is C=C(/C=C\C(C)=C(/C)CO)[C@H](CC(=O)OCC)c1ccn2c(C(F)(F)F)nnc2c1C. The van der Waals surface area contributed by atoms with E-state index in [4.69, 9.17) is 4.74 Å². The first-order valence-electron chi connectivity index (χ1n) is 9.72. The molecule has 0 saturated heterocycles.